The lowest BCUT2D eigenvalue weighted by molar-refractivity contribution is 0.00578. The van der Waals surface area contributed by atoms with E-state index in [1.807, 2.05) is 65.0 Å². The molecule has 0 spiro atoms. The molecule has 1 fully saturated rings. The normalized spacial score (nSPS) is 19.6. The van der Waals surface area contributed by atoms with Gasteiger partial charge in [0.1, 0.15) is 0 Å². The Labute approximate surface area is 148 Å². The number of carbonyl (C=O) groups excluding carboxylic acids is 1. The summed E-state index contributed by atoms with van der Waals surface area (Å²) >= 11 is 0. The Balaban J connectivity index is 1.69. The number of nitrogens with one attached hydrogen (secondary N) is 1. The first-order valence-electron chi connectivity index (χ1n) is 8.46. The number of nitrogens with zero attached hydrogens (tertiary/aromatic N) is 2. The van der Waals surface area contributed by atoms with Crippen LogP contribution in [0, 0.1) is 0 Å². The fraction of sp³-hybridized carbons (Fsp3) is 0.444. The highest BCUT2D eigenvalue weighted by atomic mass is 16.7. The summed E-state index contributed by atoms with van der Waals surface area (Å²) in [5, 5.41) is 7.08. The van der Waals surface area contributed by atoms with Crippen LogP contribution in [-0.2, 0) is 9.31 Å². The monoisotopic (exact) mass is 341 g/mol. The van der Waals surface area contributed by atoms with Crippen molar-refractivity contribution in [3.63, 3.8) is 0 Å². The molecule has 7 heteroatoms. The van der Waals surface area contributed by atoms with Crippen LogP contribution < -0.4 is 10.8 Å². The van der Waals surface area contributed by atoms with Crippen LogP contribution >= 0.6 is 0 Å². The number of carbonyl (C=O) groups is 1. The SMILES string of the molecule is C[C@H](NC(=O)n1cc(B2OC(C)(C)C(C)(C)O2)cn1)c1ccccc1. The van der Waals surface area contributed by atoms with E-state index in [4.69, 9.17) is 9.31 Å². The predicted molar refractivity (Wildman–Crippen MR) is 96.7 cm³/mol. The molecule has 1 aliphatic rings. The molecule has 0 aliphatic carbocycles. The van der Waals surface area contributed by atoms with Gasteiger partial charge in [-0.25, -0.2) is 4.79 Å². The first-order valence-corrected chi connectivity index (χ1v) is 8.46. The van der Waals surface area contributed by atoms with Crippen LogP contribution in [0.15, 0.2) is 42.7 Å². The lowest BCUT2D eigenvalue weighted by Crippen LogP contribution is -2.41. The van der Waals surface area contributed by atoms with Gasteiger partial charge in [-0.1, -0.05) is 30.3 Å². The average molecular weight is 341 g/mol. The van der Waals surface area contributed by atoms with Gasteiger partial charge in [-0.3, -0.25) is 0 Å². The molecule has 2 aromatic rings. The lowest BCUT2D eigenvalue weighted by Gasteiger charge is -2.32. The predicted octanol–water partition coefficient (Wildman–Crippen LogP) is 2.50. The van der Waals surface area contributed by atoms with Crippen LogP contribution in [0.25, 0.3) is 0 Å². The zero-order valence-corrected chi connectivity index (χ0v) is 15.3. The number of aromatic nitrogens is 2. The molecule has 1 aromatic carbocycles. The van der Waals surface area contributed by atoms with Crippen molar-refractivity contribution >= 4 is 18.6 Å². The quantitative estimate of drug-likeness (QED) is 0.872. The van der Waals surface area contributed by atoms with Crippen LogP contribution in [0.1, 0.15) is 46.2 Å². The molecule has 2 heterocycles. The van der Waals surface area contributed by atoms with Crippen LogP contribution in [0.4, 0.5) is 4.79 Å². The Morgan fingerprint density at radius 1 is 1.16 bits per heavy atom. The van der Waals surface area contributed by atoms with Crippen molar-refractivity contribution in [1.29, 1.82) is 0 Å². The largest absolute Gasteiger partial charge is 0.498 e. The maximum Gasteiger partial charge on any atom is 0.498 e. The van der Waals surface area contributed by atoms with Gasteiger partial charge in [-0.05, 0) is 40.2 Å². The maximum atomic E-state index is 12.4. The summed E-state index contributed by atoms with van der Waals surface area (Å²) in [4.78, 5) is 12.4. The minimum absolute atomic E-state index is 0.113. The van der Waals surface area contributed by atoms with Crippen molar-refractivity contribution < 1.29 is 14.1 Å². The second-order valence-corrected chi connectivity index (χ2v) is 7.39. The van der Waals surface area contributed by atoms with E-state index in [1.54, 1.807) is 12.4 Å². The van der Waals surface area contributed by atoms with Crippen molar-refractivity contribution in [3.8, 4) is 0 Å². The van der Waals surface area contributed by atoms with Gasteiger partial charge in [0.15, 0.2) is 0 Å². The fourth-order valence-electron chi connectivity index (χ4n) is 2.63. The highest BCUT2D eigenvalue weighted by molar-refractivity contribution is 6.62. The van der Waals surface area contributed by atoms with Gasteiger partial charge in [0.25, 0.3) is 0 Å². The standard InChI is InChI=1S/C18H24BN3O3/c1-13(14-9-7-6-8-10-14)21-16(23)22-12-15(11-20-22)19-24-17(2,3)18(4,5)25-19/h6-13H,1-5H3,(H,21,23)/t13-/m0/s1. The van der Waals surface area contributed by atoms with Crippen molar-refractivity contribution in [3.05, 3.63) is 48.3 Å². The number of hydrogen-bond acceptors (Lipinski definition) is 4. The molecule has 1 aliphatic heterocycles. The minimum Gasteiger partial charge on any atom is -0.399 e. The molecule has 1 amide bonds. The first-order chi connectivity index (χ1) is 11.7. The van der Waals surface area contributed by atoms with Crippen molar-refractivity contribution in [2.45, 2.75) is 51.9 Å². The average Bonchev–Trinajstić information content (AvgIpc) is 3.11. The zero-order valence-electron chi connectivity index (χ0n) is 15.3. The van der Waals surface area contributed by atoms with E-state index in [9.17, 15) is 4.79 Å². The lowest BCUT2D eigenvalue weighted by atomic mass is 9.82. The zero-order chi connectivity index (χ0) is 18.2. The molecule has 0 unspecified atom stereocenters. The Morgan fingerprint density at radius 3 is 2.36 bits per heavy atom. The third-order valence-electron chi connectivity index (χ3n) is 4.98. The van der Waals surface area contributed by atoms with Gasteiger partial charge in [0, 0.05) is 17.9 Å². The molecule has 3 rings (SSSR count). The van der Waals surface area contributed by atoms with Gasteiger partial charge in [0.2, 0.25) is 0 Å². The van der Waals surface area contributed by atoms with Crippen LogP contribution in [0.3, 0.4) is 0 Å². The number of amides is 1. The molecule has 132 valence electrons. The van der Waals surface area contributed by atoms with E-state index in [0.717, 1.165) is 11.0 Å². The smallest absolute Gasteiger partial charge is 0.399 e. The number of benzene rings is 1. The Bertz CT molecular complexity index is 742. The summed E-state index contributed by atoms with van der Waals surface area (Å²) in [5.41, 5.74) is 0.906. The Morgan fingerprint density at radius 2 is 1.76 bits per heavy atom. The molecule has 6 nitrogen and oxygen atoms in total. The molecular formula is C18H24BN3O3. The molecule has 0 radical (unpaired) electrons. The molecule has 1 aromatic heterocycles. The Kier molecular flexibility index (Phi) is 4.47. The third-order valence-corrected chi connectivity index (χ3v) is 4.98. The molecule has 1 atom stereocenters. The summed E-state index contributed by atoms with van der Waals surface area (Å²) in [7, 11) is -0.530. The van der Waals surface area contributed by atoms with E-state index < -0.39 is 18.3 Å². The summed E-state index contributed by atoms with van der Waals surface area (Å²) < 4.78 is 13.3. The second-order valence-electron chi connectivity index (χ2n) is 7.39. The first kappa shape index (κ1) is 17.7. The molecule has 1 N–H and O–H groups in total. The van der Waals surface area contributed by atoms with Crippen LogP contribution in [-0.4, -0.2) is 34.1 Å². The number of hydrogen-bond donors (Lipinski definition) is 1. The van der Waals surface area contributed by atoms with E-state index in [1.165, 1.54) is 4.68 Å². The van der Waals surface area contributed by atoms with E-state index in [2.05, 4.69) is 10.4 Å². The van der Waals surface area contributed by atoms with Gasteiger partial charge in [-0.15, -0.1) is 0 Å². The van der Waals surface area contributed by atoms with Crippen molar-refractivity contribution in [2.24, 2.45) is 0 Å². The highest BCUT2D eigenvalue weighted by Crippen LogP contribution is 2.36. The number of rotatable bonds is 3. The van der Waals surface area contributed by atoms with Crippen LogP contribution in [0.5, 0.6) is 0 Å². The second kappa shape index (κ2) is 6.31. The fourth-order valence-corrected chi connectivity index (χ4v) is 2.63. The van der Waals surface area contributed by atoms with E-state index >= 15 is 0 Å². The van der Waals surface area contributed by atoms with E-state index in [-0.39, 0.29) is 12.1 Å². The molecule has 0 bridgehead atoms. The van der Waals surface area contributed by atoms with Gasteiger partial charge in [0.05, 0.1) is 17.2 Å². The van der Waals surface area contributed by atoms with Crippen LogP contribution in [0.2, 0.25) is 0 Å². The highest BCUT2D eigenvalue weighted by Gasteiger charge is 2.52. The molecule has 25 heavy (non-hydrogen) atoms. The van der Waals surface area contributed by atoms with Gasteiger partial charge < -0.3 is 14.6 Å². The van der Waals surface area contributed by atoms with E-state index in [0.29, 0.717) is 0 Å². The topological polar surface area (TPSA) is 65.4 Å². The Hall–Kier alpha value is -2.12. The molecule has 1 saturated heterocycles. The third kappa shape index (κ3) is 3.48. The minimum atomic E-state index is -0.530. The summed E-state index contributed by atoms with van der Waals surface area (Å²) in [6.45, 7) is 9.90. The van der Waals surface area contributed by atoms with Gasteiger partial charge in [-0.2, -0.15) is 9.78 Å². The molecular weight excluding hydrogens is 317 g/mol. The summed E-state index contributed by atoms with van der Waals surface area (Å²) in [6.07, 6.45) is 3.25. The molecule has 0 saturated carbocycles. The van der Waals surface area contributed by atoms with Crippen molar-refractivity contribution in [1.82, 2.24) is 15.1 Å². The summed E-state index contributed by atoms with van der Waals surface area (Å²) in [5.74, 6) is 0. The van der Waals surface area contributed by atoms with Gasteiger partial charge >= 0.3 is 13.1 Å². The summed E-state index contributed by atoms with van der Waals surface area (Å²) in [6, 6.07) is 9.39. The van der Waals surface area contributed by atoms with Crippen molar-refractivity contribution in [2.75, 3.05) is 0 Å². The maximum absolute atomic E-state index is 12.4.